The number of thioether (sulfide) groups is 1. The largest absolute Gasteiger partial charge is 0.380 e. The third-order valence-corrected chi connectivity index (χ3v) is 6.92. The first-order chi connectivity index (χ1) is 9.66. The summed E-state index contributed by atoms with van der Waals surface area (Å²) >= 11 is 8.70. The summed E-state index contributed by atoms with van der Waals surface area (Å²) in [5.41, 5.74) is 1.57. The smallest absolute Gasteiger partial charge is 0.0687 e. The molecule has 0 unspecified atom stereocenters. The van der Waals surface area contributed by atoms with E-state index in [0.717, 1.165) is 6.61 Å². The number of methoxy groups -OCH3 is 1. The van der Waals surface area contributed by atoms with E-state index < -0.39 is 0 Å². The maximum absolute atomic E-state index is 6.80. The summed E-state index contributed by atoms with van der Waals surface area (Å²) < 4.78 is 5.47. The molecule has 0 spiro atoms. The zero-order valence-corrected chi connectivity index (χ0v) is 13.6. The first-order valence-electron chi connectivity index (χ1n) is 7.26. The zero-order valence-electron chi connectivity index (χ0n) is 12.1. The molecule has 2 aliphatic rings. The van der Waals surface area contributed by atoms with Gasteiger partial charge in [-0.25, -0.2) is 0 Å². The molecule has 0 amide bonds. The van der Waals surface area contributed by atoms with Gasteiger partial charge in [-0.15, -0.1) is 11.6 Å². The molecule has 1 aromatic carbocycles. The predicted octanol–water partition coefficient (Wildman–Crippen LogP) is 5.11. The highest BCUT2D eigenvalue weighted by atomic mass is 35.5. The second kappa shape index (κ2) is 5.75. The Labute approximate surface area is 130 Å². The summed E-state index contributed by atoms with van der Waals surface area (Å²) in [6, 6.07) is 10.6. The van der Waals surface area contributed by atoms with Crippen LogP contribution in [-0.2, 0) is 4.74 Å². The number of allylic oxidation sites excluding steroid dienone is 1. The molecule has 3 rings (SSSR count). The van der Waals surface area contributed by atoms with Crippen molar-refractivity contribution in [3.8, 4) is 0 Å². The molecule has 0 N–H and O–H groups in total. The molecule has 1 saturated carbocycles. The number of rotatable bonds is 4. The van der Waals surface area contributed by atoms with Gasteiger partial charge in [-0.3, -0.25) is 0 Å². The van der Waals surface area contributed by atoms with E-state index >= 15 is 0 Å². The quantitative estimate of drug-likeness (QED) is 0.715. The van der Waals surface area contributed by atoms with E-state index in [9.17, 15) is 0 Å². The van der Waals surface area contributed by atoms with Crippen molar-refractivity contribution >= 4 is 23.4 Å². The number of fused-ring (bicyclic) bond motifs is 2. The van der Waals surface area contributed by atoms with Crippen molar-refractivity contribution in [2.24, 2.45) is 11.3 Å². The van der Waals surface area contributed by atoms with Crippen molar-refractivity contribution in [1.29, 1.82) is 0 Å². The minimum atomic E-state index is 0.124. The van der Waals surface area contributed by atoms with Crippen LogP contribution in [0.15, 0.2) is 45.7 Å². The first kappa shape index (κ1) is 14.5. The minimum absolute atomic E-state index is 0.124. The van der Waals surface area contributed by atoms with Crippen LogP contribution in [-0.4, -0.2) is 19.1 Å². The molecule has 0 saturated heterocycles. The van der Waals surface area contributed by atoms with Crippen LogP contribution in [0.4, 0.5) is 0 Å². The molecule has 0 aromatic heterocycles. The second-order valence-corrected chi connectivity index (χ2v) is 7.57. The summed E-state index contributed by atoms with van der Waals surface area (Å²) in [5.74, 6) is 0.501. The van der Waals surface area contributed by atoms with Crippen molar-refractivity contribution < 1.29 is 4.74 Å². The maximum Gasteiger partial charge on any atom is 0.0687 e. The molecule has 2 aliphatic carbocycles. The Balaban J connectivity index is 1.98. The SMILES string of the molecule is COCC1=C(Sc2ccccc2)[C@]2(C)CCC[C@H]1[C@H]2Cl. The zero-order chi connectivity index (χ0) is 14.2. The van der Waals surface area contributed by atoms with Gasteiger partial charge in [-0.1, -0.05) is 43.3 Å². The molecule has 0 radical (unpaired) electrons. The highest BCUT2D eigenvalue weighted by molar-refractivity contribution is 8.03. The lowest BCUT2D eigenvalue weighted by molar-refractivity contribution is 0.209. The first-order valence-corrected chi connectivity index (χ1v) is 8.51. The number of halogens is 1. The minimum Gasteiger partial charge on any atom is -0.380 e. The van der Waals surface area contributed by atoms with E-state index in [0.29, 0.717) is 5.92 Å². The summed E-state index contributed by atoms with van der Waals surface area (Å²) in [4.78, 5) is 2.77. The monoisotopic (exact) mass is 308 g/mol. The van der Waals surface area contributed by atoms with Crippen LogP contribution >= 0.6 is 23.4 Å². The van der Waals surface area contributed by atoms with Gasteiger partial charge in [0, 0.05) is 23.3 Å². The summed E-state index contributed by atoms with van der Waals surface area (Å²) in [6.07, 6.45) is 3.68. The molecule has 20 heavy (non-hydrogen) atoms. The van der Waals surface area contributed by atoms with Crippen LogP contribution in [0.1, 0.15) is 26.2 Å². The number of hydrogen-bond donors (Lipinski definition) is 0. The van der Waals surface area contributed by atoms with Crippen LogP contribution in [0.5, 0.6) is 0 Å². The Morgan fingerprint density at radius 1 is 1.35 bits per heavy atom. The van der Waals surface area contributed by atoms with E-state index in [1.54, 1.807) is 7.11 Å². The molecular weight excluding hydrogens is 288 g/mol. The molecule has 0 aliphatic heterocycles. The summed E-state index contributed by atoms with van der Waals surface area (Å²) in [6.45, 7) is 3.06. The van der Waals surface area contributed by atoms with Crippen LogP contribution in [0.2, 0.25) is 0 Å². The lowest BCUT2D eigenvalue weighted by Crippen LogP contribution is -2.33. The Morgan fingerprint density at radius 3 is 2.80 bits per heavy atom. The third kappa shape index (κ3) is 2.32. The van der Waals surface area contributed by atoms with E-state index in [-0.39, 0.29) is 10.8 Å². The number of alkyl halides is 1. The fourth-order valence-electron chi connectivity index (χ4n) is 3.66. The van der Waals surface area contributed by atoms with E-state index in [1.807, 2.05) is 11.8 Å². The van der Waals surface area contributed by atoms with Gasteiger partial charge in [0.2, 0.25) is 0 Å². The molecule has 3 atom stereocenters. The average Bonchev–Trinajstić information content (AvgIpc) is 2.58. The predicted molar refractivity (Wildman–Crippen MR) is 86.3 cm³/mol. The normalized spacial score (nSPS) is 32.8. The van der Waals surface area contributed by atoms with Crippen LogP contribution in [0, 0.1) is 11.3 Å². The van der Waals surface area contributed by atoms with Gasteiger partial charge in [0.1, 0.15) is 0 Å². The Kier molecular flexibility index (Phi) is 4.16. The van der Waals surface area contributed by atoms with Crippen molar-refractivity contribution in [1.82, 2.24) is 0 Å². The highest BCUT2D eigenvalue weighted by Gasteiger charge is 2.52. The molecule has 1 fully saturated rings. The van der Waals surface area contributed by atoms with Crippen LogP contribution < -0.4 is 0 Å². The molecular formula is C17H21ClOS. The van der Waals surface area contributed by atoms with E-state index in [4.69, 9.17) is 16.3 Å². The van der Waals surface area contributed by atoms with Crippen LogP contribution in [0.25, 0.3) is 0 Å². The third-order valence-electron chi connectivity index (χ3n) is 4.69. The van der Waals surface area contributed by atoms with Gasteiger partial charge < -0.3 is 4.74 Å². The molecule has 1 nitrogen and oxygen atoms in total. The Morgan fingerprint density at radius 2 is 2.10 bits per heavy atom. The van der Waals surface area contributed by atoms with Crippen molar-refractivity contribution in [2.45, 2.75) is 36.5 Å². The molecule has 108 valence electrons. The van der Waals surface area contributed by atoms with Crippen molar-refractivity contribution in [3.63, 3.8) is 0 Å². The summed E-state index contributed by atoms with van der Waals surface area (Å²) in [7, 11) is 1.78. The van der Waals surface area contributed by atoms with Crippen molar-refractivity contribution in [2.75, 3.05) is 13.7 Å². The highest BCUT2D eigenvalue weighted by Crippen LogP contribution is 2.61. The topological polar surface area (TPSA) is 9.23 Å². The lowest BCUT2D eigenvalue weighted by atomic mass is 9.75. The molecule has 2 bridgehead atoms. The fraction of sp³-hybridized carbons (Fsp3) is 0.529. The number of hydrogen-bond acceptors (Lipinski definition) is 2. The molecule has 1 aromatic rings. The van der Waals surface area contributed by atoms with Gasteiger partial charge >= 0.3 is 0 Å². The van der Waals surface area contributed by atoms with E-state index in [1.165, 1.54) is 34.6 Å². The van der Waals surface area contributed by atoms with Crippen molar-refractivity contribution in [3.05, 3.63) is 40.8 Å². The van der Waals surface area contributed by atoms with Gasteiger partial charge in [-0.05, 0) is 35.5 Å². The number of benzene rings is 1. The Hall–Kier alpha value is -0.440. The number of ether oxygens (including phenoxy) is 1. The van der Waals surface area contributed by atoms with E-state index in [2.05, 4.69) is 37.3 Å². The van der Waals surface area contributed by atoms with Crippen LogP contribution in [0.3, 0.4) is 0 Å². The lowest BCUT2D eigenvalue weighted by Gasteiger charge is -2.37. The maximum atomic E-state index is 6.80. The standard InChI is InChI=1S/C17H21ClOS/c1-17-10-6-9-13(15(17)18)14(11-19-2)16(17)20-12-7-4-3-5-8-12/h3-5,7-8,13,15H,6,9-11H2,1-2H3/t13-,15-,17-/m1/s1. The van der Waals surface area contributed by atoms with Gasteiger partial charge in [0.15, 0.2) is 0 Å². The second-order valence-electron chi connectivity index (χ2n) is 6.02. The summed E-state index contributed by atoms with van der Waals surface area (Å²) in [5, 5.41) is 0.229. The Bertz CT molecular complexity index is 513. The van der Waals surface area contributed by atoms with Gasteiger partial charge in [0.25, 0.3) is 0 Å². The fourth-order valence-corrected chi connectivity index (χ4v) is 5.55. The van der Waals surface area contributed by atoms with Gasteiger partial charge in [-0.2, -0.15) is 0 Å². The average molecular weight is 309 g/mol. The molecule has 3 heteroatoms. The molecule has 0 heterocycles. The van der Waals surface area contributed by atoms with Gasteiger partial charge in [0.05, 0.1) is 12.0 Å².